The Bertz CT molecular complexity index is 710. The van der Waals surface area contributed by atoms with E-state index in [1.807, 2.05) is 0 Å². The van der Waals surface area contributed by atoms with Crippen molar-refractivity contribution in [2.75, 3.05) is 6.61 Å². The molecule has 0 spiro atoms. The number of esters is 1. The van der Waals surface area contributed by atoms with Gasteiger partial charge < -0.3 is 15.3 Å². The van der Waals surface area contributed by atoms with Crippen molar-refractivity contribution in [2.24, 2.45) is 17.8 Å². The number of carboxylic acid groups (broad SMARTS) is 3. The van der Waals surface area contributed by atoms with Gasteiger partial charge in [-0.1, -0.05) is 119 Å². The number of aliphatic carboxylic acids is 3. The van der Waals surface area contributed by atoms with Crippen LogP contribution in [0.2, 0.25) is 4.44 Å². The van der Waals surface area contributed by atoms with Crippen LogP contribution in [0.3, 0.4) is 0 Å². The van der Waals surface area contributed by atoms with Gasteiger partial charge in [-0.25, -0.2) is 0 Å². The van der Waals surface area contributed by atoms with Gasteiger partial charge in [-0.15, -0.1) is 0 Å². The molecule has 2 radical (unpaired) electrons. The molecule has 0 rings (SSSR count). The minimum absolute atomic E-state index is 0.0268. The molecule has 0 aliphatic carbocycles. The van der Waals surface area contributed by atoms with Gasteiger partial charge in [0.1, 0.15) is 0 Å². The number of unbranched alkanes of at least 4 members (excludes halogenated alkanes) is 4. The zero-order valence-corrected chi connectivity index (χ0v) is 37.9. The average molecular weight is 862 g/mol. The molecule has 0 saturated carbocycles. The molecule has 0 aromatic carbocycles. The summed E-state index contributed by atoms with van der Waals surface area (Å²) >= 11 is 13.3. The second-order valence-corrected chi connectivity index (χ2v) is 16.1. The first-order valence-electron chi connectivity index (χ1n) is 18.7. The van der Waals surface area contributed by atoms with E-state index in [1.54, 1.807) is 0 Å². The van der Waals surface area contributed by atoms with Crippen LogP contribution in [-0.2, 0) is 23.9 Å². The van der Waals surface area contributed by atoms with Crippen molar-refractivity contribution in [3.8, 4) is 0 Å². The van der Waals surface area contributed by atoms with Gasteiger partial charge in [0.25, 0.3) is 0 Å². The molecular formula is C37H74O8S3Sn. The normalized spacial score (nSPS) is 14.1. The summed E-state index contributed by atoms with van der Waals surface area (Å²) in [5.41, 5.74) is 0. The number of carbonyl (C=O) groups is 4. The van der Waals surface area contributed by atoms with Gasteiger partial charge in [0.05, 0.1) is 15.7 Å². The summed E-state index contributed by atoms with van der Waals surface area (Å²) in [5.74, 6) is -0.827. The SMILES string of the molecule is CCCCC(CC)CC(S)C(=O)O.CCCCC(CC)CC(S)C(=O)O.CCCCC(CC)CC(S)C(=O)O.CCCCOC(=O)C[CH2][SnH]. The van der Waals surface area contributed by atoms with Crippen molar-refractivity contribution in [2.45, 2.75) is 184 Å². The first-order chi connectivity index (χ1) is 23.1. The van der Waals surface area contributed by atoms with Crippen LogP contribution in [0.1, 0.15) is 164 Å². The van der Waals surface area contributed by atoms with E-state index in [2.05, 4.69) is 86.4 Å². The van der Waals surface area contributed by atoms with Gasteiger partial charge in [-0.2, -0.15) is 37.9 Å². The van der Waals surface area contributed by atoms with Crippen LogP contribution in [0.4, 0.5) is 0 Å². The predicted molar refractivity (Wildman–Crippen MR) is 217 cm³/mol. The fourth-order valence-corrected chi connectivity index (χ4v) is 6.28. The van der Waals surface area contributed by atoms with Gasteiger partial charge in [-0.3, -0.25) is 14.4 Å². The summed E-state index contributed by atoms with van der Waals surface area (Å²) in [6.45, 7) is 15.5. The molecule has 0 bridgehead atoms. The third kappa shape index (κ3) is 40.4. The molecule has 0 aliphatic heterocycles. The molecule has 0 heterocycles. The van der Waals surface area contributed by atoms with Gasteiger partial charge in [-0.05, 0) is 37.0 Å². The van der Waals surface area contributed by atoms with Crippen molar-refractivity contribution in [3.63, 3.8) is 0 Å². The summed E-state index contributed by atoms with van der Waals surface area (Å²) in [6.07, 6.45) is 18.5. The van der Waals surface area contributed by atoms with E-state index in [0.29, 0.717) is 50.0 Å². The van der Waals surface area contributed by atoms with Crippen LogP contribution in [0, 0.1) is 17.8 Å². The van der Waals surface area contributed by atoms with Crippen LogP contribution in [-0.4, -0.2) is 84.1 Å². The van der Waals surface area contributed by atoms with E-state index in [-0.39, 0.29) is 5.97 Å². The fraction of sp³-hybridized carbons (Fsp3) is 0.892. The van der Waals surface area contributed by atoms with Crippen LogP contribution in [0.5, 0.6) is 0 Å². The number of hydrogen-bond acceptors (Lipinski definition) is 8. The van der Waals surface area contributed by atoms with Crippen molar-refractivity contribution in [1.82, 2.24) is 0 Å². The van der Waals surface area contributed by atoms with E-state index in [9.17, 15) is 19.2 Å². The summed E-state index contributed by atoms with van der Waals surface area (Å²) in [4.78, 5) is 42.4. The molecule has 0 aromatic rings. The van der Waals surface area contributed by atoms with Crippen molar-refractivity contribution < 1.29 is 39.2 Å². The molecule has 0 aromatic heterocycles. The maximum atomic E-state index is 10.7. The second-order valence-electron chi connectivity index (χ2n) is 12.6. The van der Waals surface area contributed by atoms with Gasteiger partial charge in [0, 0.05) is 0 Å². The van der Waals surface area contributed by atoms with E-state index in [1.165, 1.54) is 38.5 Å². The quantitative estimate of drug-likeness (QED) is 0.0219. The second kappa shape index (κ2) is 40.5. The fourth-order valence-electron chi connectivity index (χ4n) is 4.71. The third-order valence-corrected chi connectivity index (χ3v) is 10.4. The Morgan fingerprint density at radius 2 is 0.837 bits per heavy atom. The predicted octanol–water partition coefficient (Wildman–Crippen LogP) is 9.97. The topological polar surface area (TPSA) is 138 Å². The Labute approximate surface area is 330 Å². The Morgan fingerprint density at radius 3 is 1.04 bits per heavy atom. The number of carbonyl (C=O) groups excluding carboxylic acids is 1. The third-order valence-electron chi connectivity index (χ3n) is 8.26. The standard InChI is InChI=1S/3C10H20O2S.C7H13O2.Sn.H/c3*1-3-5-6-8(4-2)7-9(13)10(11)12;1-3-5-6-9-7(8)4-2;;/h3*8-9,13H,3-7H2,1-2H3,(H,11,12);2-6H2,1H3;;. The number of ether oxygens (including phenoxy) is 1. The van der Waals surface area contributed by atoms with Gasteiger partial charge >= 0.3 is 93.2 Å². The molecule has 6 unspecified atom stereocenters. The molecule has 292 valence electrons. The monoisotopic (exact) mass is 862 g/mol. The van der Waals surface area contributed by atoms with Gasteiger partial charge in [0.15, 0.2) is 0 Å². The van der Waals surface area contributed by atoms with E-state index in [0.717, 1.165) is 78.3 Å². The Morgan fingerprint density at radius 1 is 0.551 bits per heavy atom. The first kappa shape index (κ1) is 55.5. The van der Waals surface area contributed by atoms with E-state index >= 15 is 0 Å². The van der Waals surface area contributed by atoms with Crippen molar-refractivity contribution in [1.29, 1.82) is 0 Å². The number of hydrogen-bond donors (Lipinski definition) is 6. The molecule has 0 amide bonds. The molecule has 49 heavy (non-hydrogen) atoms. The van der Waals surface area contributed by atoms with Crippen LogP contribution in [0.25, 0.3) is 0 Å². The molecule has 0 fully saturated rings. The maximum absolute atomic E-state index is 10.7. The minimum atomic E-state index is -0.793. The molecule has 8 nitrogen and oxygen atoms in total. The van der Waals surface area contributed by atoms with E-state index < -0.39 is 33.7 Å². The van der Waals surface area contributed by atoms with Crippen LogP contribution >= 0.6 is 37.9 Å². The van der Waals surface area contributed by atoms with Crippen molar-refractivity contribution in [3.05, 3.63) is 0 Å². The van der Waals surface area contributed by atoms with Crippen molar-refractivity contribution >= 4 is 84.3 Å². The number of thiol groups is 3. The van der Waals surface area contributed by atoms with Crippen LogP contribution in [0.15, 0.2) is 0 Å². The summed E-state index contributed by atoms with van der Waals surface area (Å²) in [5, 5.41) is 24.6. The average Bonchev–Trinajstić information content (AvgIpc) is 3.07. The summed E-state index contributed by atoms with van der Waals surface area (Å²) < 4.78 is 5.91. The molecule has 3 N–H and O–H groups in total. The Kier molecular flexibility index (Phi) is 45.9. The van der Waals surface area contributed by atoms with Crippen LogP contribution < -0.4 is 0 Å². The Balaban J connectivity index is -0.000000277. The number of carboxylic acids is 3. The summed E-state index contributed by atoms with van der Waals surface area (Å²) in [6, 6.07) is 0. The molecular weight excluding hydrogens is 787 g/mol. The molecule has 12 heteroatoms. The van der Waals surface area contributed by atoms with E-state index in [4.69, 9.17) is 20.1 Å². The Hall–Kier alpha value is -0.271. The molecule has 0 aliphatic rings. The molecule has 0 saturated heterocycles. The summed E-state index contributed by atoms with van der Waals surface area (Å²) in [7, 11) is 0. The zero-order chi connectivity index (χ0) is 38.6. The number of rotatable bonds is 26. The molecule has 6 atom stereocenters. The zero-order valence-electron chi connectivity index (χ0n) is 31.9. The van der Waals surface area contributed by atoms with Gasteiger partial charge in [0.2, 0.25) is 0 Å². The first-order valence-corrected chi connectivity index (χ1v) is 22.6.